The van der Waals surface area contributed by atoms with Crippen LogP contribution in [0, 0.1) is 6.92 Å². The molecule has 3 heterocycles. The standard InChI is InChI=1S/C11H11ClN8O/c1-7-15-8(21-19-7)3-5-13-10-16-9(12)17-11(18-10)20-6-2-4-14-20/h2,4,6H,3,5H2,1H3,(H,13,16,17,18). The molecule has 0 aliphatic heterocycles. The van der Waals surface area contributed by atoms with Crippen molar-refractivity contribution in [2.24, 2.45) is 0 Å². The molecule has 3 aromatic heterocycles. The molecule has 0 aliphatic carbocycles. The van der Waals surface area contributed by atoms with E-state index in [4.69, 9.17) is 16.1 Å². The highest BCUT2D eigenvalue weighted by molar-refractivity contribution is 6.28. The fourth-order valence-electron chi connectivity index (χ4n) is 1.63. The largest absolute Gasteiger partial charge is 0.354 e. The van der Waals surface area contributed by atoms with Crippen LogP contribution in [0.5, 0.6) is 0 Å². The lowest BCUT2D eigenvalue weighted by molar-refractivity contribution is 0.377. The van der Waals surface area contributed by atoms with Crippen molar-refractivity contribution in [3.63, 3.8) is 0 Å². The summed E-state index contributed by atoms with van der Waals surface area (Å²) >= 11 is 5.88. The molecule has 0 saturated carbocycles. The van der Waals surface area contributed by atoms with Gasteiger partial charge in [0.1, 0.15) is 0 Å². The summed E-state index contributed by atoms with van der Waals surface area (Å²) in [7, 11) is 0. The summed E-state index contributed by atoms with van der Waals surface area (Å²) in [6.45, 7) is 2.29. The zero-order chi connectivity index (χ0) is 14.7. The first-order valence-electron chi connectivity index (χ1n) is 6.15. The first-order valence-corrected chi connectivity index (χ1v) is 6.53. The molecule has 0 amide bonds. The van der Waals surface area contributed by atoms with Crippen LogP contribution >= 0.6 is 11.6 Å². The minimum atomic E-state index is 0.0895. The highest BCUT2D eigenvalue weighted by Crippen LogP contribution is 2.09. The van der Waals surface area contributed by atoms with E-state index in [0.717, 1.165) is 0 Å². The Morgan fingerprint density at radius 1 is 1.29 bits per heavy atom. The molecule has 0 saturated heterocycles. The van der Waals surface area contributed by atoms with E-state index < -0.39 is 0 Å². The van der Waals surface area contributed by atoms with Gasteiger partial charge in [-0.05, 0) is 24.6 Å². The maximum atomic E-state index is 5.88. The molecule has 0 aliphatic rings. The molecule has 10 heteroatoms. The van der Waals surface area contributed by atoms with E-state index in [1.165, 1.54) is 4.68 Å². The van der Waals surface area contributed by atoms with Gasteiger partial charge in [0.05, 0.1) is 0 Å². The van der Waals surface area contributed by atoms with Gasteiger partial charge in [-0.3, -0.25) is 0 Å². The van der Waals surface area contributed by atoms with Crippen molar-refractivity contribution in [3.8, 4) is 5.95 Å². The fourth-order valence-corrected chi connectivity index (χ4v) is 1.79. The maximum absolute atomic E-state index is 5.88. The molecular weight excluding hydrogens is 296 g/mol. The van der Waals surface area contributed by atoms with Crippen LogP contribution in [0.1, 0.15) is 11.7 Å². The first-order chi connectivity index (χ1) is 10.2. The van der Waals surface area contributed by atoms with E-state index in [0.29, 0.717) is 36.6 Å². The molecule has 0 unspecified atom stereocenters. The second kappa shape index (κ2) is 5.83. The van der Waals surface area contributed by atoms with Gasteiger partial charge in [-0.15, -0.1) is 0 Å². The molecule has 0 bridgehead atoms. The summed E-state index contributed by atoms with van der Waals surface area (Å²) < 4.78 is 6.51. The normalized spacial score (nSPS) is 10.8. The highest BCUT2D eigenvalue weighted by Gasteiger charge is 2.08. The number of halogens is 1. The Bertz CT molecular complexity index is 726. The summed E-state index contributed by atoms with van der Waals surface area (Å²) in [6, 6.07) is 1.77. The Labute approximate surface area is 124 Å². The van der Waals surface area contributed by atoms with E-state index >= 15 is 0 Å². The third-order valence-corrected chi connectivity index (χ3v) is 2.67. The molecule has 0 aromatic carbocycles. The molecule has 108 valence electrons. The van der Waals surface area contributed by atoms with Gasteiger partial charge in [0, 0.05) is 25.4 Å². The van der Waals surface area contributed by atoms with Crippen molar-refractivity contribution in [1.82, 2.24) is 34.9 Å². The van der Waals surface area contributed by atoms with E-state index in [1.54, 1.807) is 25.4 Å². The Kier molecular flexibility index (Phi) is 3.73. The van der Waals surface area contributed by atoms with Gasteiger partial charge in [0.15, 0.2) is 5.82 Å². The number of rotatable bonds is 5. The average Bonchev–Trinajstić information content (AvgIpc) is 3.10. The van der Waals surface area contributed by atoms with Crippen LogP contribution in [0.3, 0.4) is 0 Å². The fraction of sp³-hybridized carbons (Fsp3) is 0.273. The third-order valence-electron chi connectivity index (χ3n) is 2.50. The van der Waals surface area contributed by atoms with Gasteiger partial charge in [0.2, 0.25) is 17.1 Å². The minimum Gasteiger partial charge on any atom is -0.354 e. The molecule has 0 atom stereocenters. The van der Waals surface area contributed by atoms with Gasteiger partial charge < -0.3 is 9.84 Å². The van der Waals surface area contributed by atoms with E-state index in [9.17, 15) is 0 Å². The molecule has 1 N–H and O–H groups in total. The van der Waals surface area contributed by atoms with Crippen LogP contribution in [-0.2, 0) is 6.42 Å². The van der Waals surface area contributed by atoms with Gasteiger partial charge >= 0.3 is 0 Å². The van der Waals surface area contributed by atoms with Crippen LogP contribution in [0.15, 0.2) is 23.0 Å². The van der Waals surface area contributed by atoms with Crippen molar-refractivity contribution in [1.29, 1.82) is 0 Å². The van der Waals surface area contributed by atoms with Crippen LogP contribution in [0.2, 0.25) is 5.28 Å². The molecule has 21 heavy (non-hydrogen) atoms. The third kappa shape index (κ3) is 3.31. The lowest BCUT2D eigenvalue weighted by Gasteiger charge is -2.05. The Morgan fingerprint density at radius 2 is 2.19 bits per heavy atom. The van der Waals surface area contributed by atoms with Crippen molar-refractivity contribution in [2.45, 2.75) is 13.3 Å². The van der Waals surface area contributed by atoms with Crippen molar-refractivity contribution < 1.29 is 4.52 Å². The van der Waals surface area contributed by atoms with E-state index in [2.05, 4.69) is 35.5 Å². The lowest BCUT2D eigenvalue weighted by Crippen LogP contribution is -2.11. The smallest absolute Gasteiger partial charge is 0.256 e. The van der Waals surface area contributed by atoms with Crippen molar-refractivity contribution in [2.75, 3.05) is 11.9 Å². The summed E-state index contributed by atoms with van der Waals surface area (Å²) in [5.74, 6) is 1.86. The molecular formula is C11H11ClN8O. The highest BCUT2D eigenvalue weighted by atomic mass is 35.5. The minimum absolute atomic E-state index is 0.0895. The van der Waals surface area contributed by atoms with Crippen molar-refractivity contribution in [3.05, 3.63) is 35.5 Å². The van der Waals surface area contributed by atoms with Gasteiger partial charge in [0.25, 0.3) is 5.95 Å². The number of nitrogens with one attached hydrogen (secondary N) is 1. The van der Waals surface area contributed by atoms with Crippen LogP contribution in [0.4, 0.5) is 5.95 Å². The van der Waals surface area contributed by atoms with Gasteiger partial charge in [-0.2, -0.15) is 25.0 Å². The zero-order valence-corrected chi connectivity index (χ0v) is 11.8. The average molecular weight is 307 g/mol. The predicted molar refractivity (Wildman–Crippen MR) is 73.2 cm³/mol. The molecule has 3 aromatic rings. The van der Waals surface area contributed by atoms with Crippen LogP contribution in [0.25, 0.3) is 5.95 Å². The Balaban J connectivity index is 1.68. The zero-order valence-electron chi connectivity index (χ0n) is 11.1. The number of hydrogen-bond acceptors (Lipinski definition) is 8. The summed E-state index contributed by atoms with van der Waals surface area (Å²) in [5, 5.41) is 10.9. The number of nitrogens with zero attached hydrogens (tertiary/aromatic N) is 7. The molecule has 0 radical (unpaired) electrons. The second-order valence-electron chi connectivity index (χ2n) is 4.09. The van der Waals surface area contributed by atoms with Gasteiger partial charge in [-0.1, -0.05) is 5.16 Å². The molecule has 0 spiro atoms. The maximum Gasteiger partial charge on any atom is 0.256 e. The van der Waals surface area contributed by atoms with Crippen LogP contribution in [-0.4, -0.2) is 41.4 Å². The number of aromatic nitrogens is 7. The topological polar surface area (TPSA) is 107 Å². The lowest BCUT2D eigenvalue weighted by atomic mass is 10.4. The number of anilines is 1. The summed E-state index contributed by atoms with van der Waals surface area (Å²) in [6.07, 6.45) is 3.90. The van der Waals surface area contributed by atoms with Crippen LogP contribution < -0.4 is 5.32 Å². The molecule has 3 rings (SSSR count). The number of aryl methyl sites for hydroxylation is 1. The second-order valence-corrected chi connectivity index (χ2v) is 4.43. The van der Waals surface area contributed by atoms with E-state index in [1.807, 2.05) is 0 Å². The van der Waals surface area contributed by atoms with Gasteiger partial charge in [-0.25, -0.2) is 4.68 Å². The predicted octanol–water partition coefficient (Wildman–Crippen LogP) is 1.06. The Morgan fingerprint density at radius 3 is 2.90 bits per heavy atom. The summed E-state index contributed by atoms with van der Waals surface area (Å²) in [4.78, 5) is 16.3. The monoisotopic (exact) mass is 306 g/mol. The molecule has 0 fully saturated rings. The number of hydrogen-bond donors (Lipinski definition) is 1. The summed E-state index contributed by atoms with van der Waals surface area (Å²) in [5.41, 5.74) is 0. The quantitative estimate of drug-likeness (QED) is 0.745. The SMILES string of the molecule is Cc1noc(CCNc2nc(Cl)nc(-n3cccn3)n2)n1. The van der Waals surface area contributed by atoms with Crippen molar-refractivity contribution >= 4 is 17.5 Å². The first kappa shape index (κ1) is 13.4. The molecule has 9 nitrogen and oxygen atoms in total. The van der Waals surface area contributed by atoms with E-state index in [-0.39, 0.29) is 5.28 Å². The Hall–Kier alpha value is -2.55.